The summed E-state index contributed by atoms with van der Waals surface area (Å²) in [6.45, 7) is 1.81. The first kappa shape index (κ1) is 10.5. The number of aromatic nitrogens is 2. The molecule has 4 nitrogen and oxygen atoms in total. The quantitative estimate of drug-likeness (QED) is 0.650. The highest BCUT2D eigenvalue weighted by Gasteiger charge is 2.08. The van der Waals surface area contributed by atoms with Crippen molar-refractivity contribution in [1.29, 1.82) is 5.26 Å². The first-order valence-electron chi connectivity index (χ1n) is 5.49. The highest BCUT2D eigenvalue weighted by molar-refractivity contribution is 5.81. The molecule has 4 heteroatoms. The van der Waals surface area contributed by atoms with Crippen LogP contribution in [0.15, 0.2) is 41.1 Å². The number of rotatable bonds is 1. The van der Waals surface area contributed by atoms with E-state index in [-0.39, 0.29) is 0 Å². The Hall–Kier alpha value is -2.67. The van der Waals surface area contributed by atoms with E-state index in [9.17, 15) is 0 Å². The van der Waals surface area contributed by atoms with Crippen molar-refractivity contribution in [1.82, 2.24) is 9.97 Å². The fourth-order valence-electron chi connectivity index (χ4n) is 1.94. The Morgan fingerprint density at radius 1 is 1.28 bits per heavy atom. The van der Waals surface area contributed by atoms with Gasteiger partial charge in [-0.3, -0.25) is 4.98 Å². The summed E-state index contributed by atoms with van der Waals surface area (Å²) in [5.74, 6) is 0.636. The zero-order valence-corrected chi connectivity index (χ0v) is 9.71. The maximum Gasteiger partial charge on any atom is 0.192 e. The summed E-state index contributed by atoms with van der Waals surface area (Å²) >= 11 is 0. The molecular weight excluding hydrogens is 226 g/mol. The molecule has 2 heterocycles. The van der Waals surface area contributed by atoms with Crippen molar-refractivity contribution in [2.45, 2.75) is 6.92 Å². The Labute approximate surface area is 104 Å². The maximum atomic E-state index is 9.07. The monoisotopic (exact) mass is 235 g/mol. The lowest BCUT2D eigenvalue weighted by Crippen LogP contribution is -1.85. The van der Waals surface area contributed by atoms with E-state index in [4.69, 9.17) is 9.68 Å². The molecule has 1 aromatic carbocycles. The SMILES string of the molecule is Cc1nc2ccc(-c3ccncc3C#N)cc2o1. The number of fused-ring (bicyclic) bond motifs is 1. The van der Waals surface area contributed by atoms with Crippen LogP contribution in [0.25, 0.3) is 22.2 Å². The van der Waals surface area contributed by atoms with Crippen LogP contribution in [-0.4, -0.2) is 9.97 Å². The molecular formula is C14H9N3O. The van der Waals surface area contributed by atoms with Crippen LogP contribution in [0.1, 0.15) is 11.5 Å². The second kappa shape index (κ2) is 3.97. The van der Waals surface area contributed by atoms with Crippen molar-refractivity contribution in [3.63, 3.8) is 0 Å². The van der Waals surface area contributed by atoms with Crippen LogP contribution in [0.4, 0.5) is 0 Å². The van der Waals surface area contributed by atoms with Crippen LogP contribution in [0.2, 0.25) is 0 Å². The van der Waals surface area contributed by atoms with Gasteiger partial charge in [0, 0.05) is 24.9 Å². The lowest BCUT2D eigenvalue weighted by Gasteiger charge is -2.02. The minimum Gasteiger partial charge on any atom is -0.441 e. The minimum atomic E-state index is 0.549. The van der Waals surface area contributed by atoms with Gasteiger partial charge in [0.05, 0.1) is 5.56 Å². The second-order valence-electron chi connectivity index (χ2n) is 3.95. The van der Waals surface area contributed by atoms with Crippen LogP contribution >= 0.6 is 0 Å². The van der Waals surface area contributed by atoms with Gasteiger partial charge in [-0.1, -0.05) is 6.07 Å². The van der Waals surface area contributed by atoms with E-state index in [0.717, 1.165) is 22.2 Å². The molecule has 3 aromatic rings. The fraction of sp³-hybridized carbons (Fsp3) is 0.0714. The summed E-state index contributed by atoms with van der Waals surface area (Å²) in [5.41, 5.74) is 3.88. The summed E-state index contributed by atoms with van der Waals surface area (Å²) in [5, 5.41) is 9.07. The molecule has 0 N–H and O–H groups in total. The average molecular weight is 235 g/mol. The normalized spacial score (nSPS) is 10.4. The molecule has 0 aliphatic carbocycles. The number of hydrogen-bond acceptors (Lipinski definition) is 4. The van der Waals surface area contributed by atoms with Gasteiger partial charge in [-0.05, 0) is 23.8 Å². The van der Waals surface area contributed by atoms with Crippen LogP contribution in [0.3, 0.4) is 0 Å². The summed E-state index contributed by atoms with van der Waals surface area (Å²) in [6.07, 6.45) is 3.23. The van der Waals surface area contributed by atoms with E-state index in [1.807, 2.05) is 31.2 Å². The standard InChI is InChI=1S/C14H9N3O/c1-9-17-13-3-2-10(6-14(13)18-9)12-4-5-16-8-11(12)7-15/h2-6,8H,1H3. The van der Waals surface area contributed by atoms with Crippen LogP contribution < -0.4 is 0 Å². The third kappa shape index (κ3) is 1.62. The summed E-state index contributed by atoms with van der Waals surface area (Å²) < 4.78 is 5.49. The number of nitriles is 1. The Bertz CT molecular complexity index is 768. The van der Waals surface area contributed by atoms with Gasteiger partial charge < -0.3 is 4.42 Å². The highest BCUT2D eigenvalue weighted by atomic mass is 16.3. The van der Waals surface area contributed by atoms with Crippen molar-refractivity contribution in [3.05, 3.63) is 48.1 Å². The van der Waals surface area contributed by atoms with Crippen molar-refractivity contribution < 1.29 is 4.42 Å². The Morgan fingerprint density at radius 2 is 2.17 bits per heavy atom. The molecule has 0 saturated carbocycles. The van der Waals surface area contributed by atoms with Crippen LogP contribution in [-0.2, 0) is 0 Å². The molecule has 0 radical (unpaired) electrons. The number of pyridine rings is 1. The smallest absolute Gasteiger partial charge is 0.192 e. The van der Waals surface area contributed by atoms with Crippen molar-refractivity contribution in [2.24, 2.45) is 0 Å². The van der Waals surface area contributed by atoms with Gasteiger partial charge in [-0.2, -0.15) is 5.26 Å². The minimum absolute atomic E-state index is 0.549. The van der Waals surface area contributed by atoms with Crippen molar-refractivity contribution in [2.75, 3.05) is 0 Å². The van der Waals surface area contributed by atoms with Gasteiger partial charge in [-0.25, -0.2) is 4.98 Å². The number of oxazole rings is 1. The summed E-state index contributed by atoms with van der Waals surface area (Å²) in [4.78, 5) is 8.20. The third-order valence-electron chi connectivity index (χ3n) is 2.75. The fourth-order valence-corrected chi connectivity index (χ4v) is 1.94. The van der Waals surface area contributed by atoms with E-state index >= 15 is 0 Å². The molecule has 0 aliphatic heterocycles. The van der Waals surface area contributed by atoms with Crippen LogP contribution in [0.5, 0.6) is 0 Å². The maximum absolute atomic E-state index is 9.07. The number of nitrogens with zero attached hydrogens (tertiary/aromatic N) is 3. The first-order chi connectivity index (χ1) is 8.78. The predicted molar refractivity (Wildman–Crippen MR) is 66.7 cm³/mol. The highest BCUT2D eigenvalue weighted by Crippen LogP contribution is 2.26. The second-order valence-corrected chi connectivity index (χ2v) is 3.95. The van der Waals surface area contributed by atoms with E-state index in [1.54, 1.807) is 12.4 Å². The molecule has 0 saturated heterocycles. The summed E-state index contributed by atoms with van der Waals surface area (Å²) in [7, 11) is 0. The zero-order valence-electron chi connectivity index (χ0n) is 9.71. The predicted octanol–water partition coefficient (Wildman–Crippen LogP) is 3.07. The van der Waals surface area contributed by atoms with Gasteiger partial charge >= 0.3 is 0 Å². The zero-order chi connectivity index (χ0) is 12.5. The molecule has 0 unspecified atom stereocenters. The Balaban J connectivity index is 2.22. The van der Waals surface area contributed by atoms with Gasteiger partial charge in [0.25, 0.3) is 0 Å². The average Bonchev–Trinajstić information content (AvgIpc) is 2.77. The molecule has 2 aromatic heterocycles. The lowest BCUT2D eigenvalue weighted by atomic mass is 10.0. The topological polar surface area (TPSA) is 62.7 Å². The molecule has 0 aliphatic rings. The Kier molecular flexibility index (Phi) is 2.31. The van der Waals surface area contributed by atoms with Gasteiger partial charge in [0.15, 0.2) is 11.5 Å². The molecule has 0 atom stereocenters. The number of aryl methyl sites for hydroxylation is 1. The van der Waals surface area contributed by atoms with Gasteiger partial charge in [0.2, 0.25) is 0 Å². The molecule has 86 valence electrons. The first-order valence-corrected chi connectivity index (χ1v) is 5.49. The summed E-state index contributed by atoms with van der Waals surface area (Å²) in [6, 6.07) is 9.68. The molecule has 0 spiro atoms. The molecule has 0 bridgehead atoms. The lowest BCUT2D eigenvalue weighted by molar-refractivity contribution is 0.561. The van der Waals surface area contributed by atoms with E-state index in [1.165, 1.54) is 0 Å². The molecule has 18 heavy (non-hydrogen) atoms. The van der Waals surface area contributed by atoms with Gasteiger partial charge in [0.1, 0.15) is 11.6 Å². The molecule has 0 fully saturated rings. The third-order valence-corrected chi connectivity index (χ3v) is 2.75. The molecule has 0 amide bonds. The van der Waals surface area contributed by atoms with Crippen LogP contribution in [0, 0.1) is 18.3 Å². The molecule has 3 rings (SSSR count). The largest absolute Gasteiger partial charge is 0.441 e. The van der Waals surface area contributed by atoms with Gasteiger partial charge in [-0.15, -0.1) is 0 Å². The van der Waals surface area contributed by atoms with E-state index < -0.39 is 0 Å². The van der Waals surface area contributed by atoms with E-state index in [0.29, 0.717) is 11.5 Å². The number of hydrogen-bond donors (Lipinski definition) is 0. The van der Waals surface area contributed by atoms with Crippen molar-refractivity contribution >= 4 is 11.1 Å². The van der Waals surface area contributed by atoms with E-state index in [2.05, 4.69) is 16.0 Å². The van der Waals surface area contributed by atoms with Crippen molar-refractivity contribution in [3.8, 4) is 17.2 Å². The number of benzene rings is 1. The Morgan fingerprint density at radius 3 is 3.00 bits per heavy atom.